The maximum absolute atomic E-state index is 11.6. The van der Waals surface area contributed by atoms with E-state index in [1.807, 2.05) is 0 Å². The molecule has 205 valence electrons. The number of carbonyl (C=O) groups excluding carboxylic acids is 1. The van der Waals surface area contributed by atoms with Gasteiger partial charge in [0.05, 0.1) is 6.04 Å². The minimum absolute atomic E-state index is 0.129. The van der Waals surface area contributed by atoms with Crippen molar-refractivity contribution in [2.45, 2.75) is 137 Å². The molecule has 4 aliphatic rings. The number of fused-ring (bicyclic) bond motifs is 5. The Labute approximate surface area is 223 Å². The summed E-state index contributed by atoms with van der Waals surface area (Å²) in [6.07, 6.45) is 22.8. The molecule has 3 fully saturated rings. The van der Waals surface area contributed by atoms with E-state index in [2.05, 4.69) is 52.3 Å². The summed E-state index contributed by atoms with van der Waals surface area (Å²) in [5.74, 6) is 5.34. The first-order valence-corrected chi connectivity index (χ1v) is 15.8. The van der Waals surface area contributed by atoms with Crippen LogP contribution in [-0.2, 0) is 4.79 Å². The molecule has 0 aromatic rings. The zero-order valence-electron chi connectivity index (χ0n) is 24.3. The Morgan fingerprint density at radius 2 is 1.81 bits per heavy atom. The second-order valence-corrected chi connectivity index (χ2v) is 14.4. The van der Waals surface area contributed by atoms with E-state index in [0.717, 1.165) is 61.2 Å². The zero-order valence-corrected chi connectivity index (χ0v) is 24.3. The molecule has 1 radical (unpaired) electrons. The number of hydrogen-bond donors (Lipinski definition) is 2. The van der Waals surface area contributed by atoms with Crippen LogP contribution < -0.4 is 11.1 Å². The number of rotatable bonds is 12. The maximum atomic E-state index is 11.6. The molecule has 0 aromatic heterocycles. The van der Waals surface area contributed by atoms with Crippen LogP contribution >= 0.6 is 0 Å². The van der Waals surface area contributed by atoms with Crippen LogP contribution in [0.25, 0.3) is 0 Å². The van der Waals surface area contributed by atoms with Gasteiger partial charge in [-0.05, 0) is 117 Å². The van der Waals surface area contributed by atoms with Crippen LogP contribution in [0.5, 0.6) is 0 Å². The van der Waals surface area contributed by atoms with E-state index in [1.54, 1.807) is 5.57 Å². The van der Waals surface area contributed by atoms with Crippen molar-refractivity contribution in [3.05, 3.63) is 11.6 Å². The van der Waals surface area contributed by atoms with Crippen LogP contribution in [0.15, 0.2) is 11.6 Å². The monoisotopic (exact) mass is 497 g/mol. The Morgan fingerprint density at radius 3 is 2.53 bits per heavy atom. The van der Waals surface area contributed by atoms with Crippen LogP contribution in [0.1, 0.15) is 125 Å². The van der Waals surface area contributed by atoms with E-state index in [1.165, 1.54) is 64.2 Å². The number of nitrogens with one attached hydrogen (secondary N) is 1. The Morgan fingerprint density at radius 1 is 1.00 bits per heavy atom. The molecule has 9 atom stereocenters. The van der Waals surface area contributed by atoms with Crippen LogP contribution in [0, 0.1) is 46.3 Å². The highest BCUT2D eigenvalue weighted by Crippen LogP contribution is 2.67. The fraction of sp³-hybridized carbons (Fsp3) is 0.909. The summed E-state index contributed by atoms with van der Waals surface area (Å²) >= 11 is 0. The highest BCUT2D eigenvalue weighted by molar-refractivity contribution is 5.58. The van der Waals surface area contributed by atoms with Gasteiger partial charge in [-0.3, -0.25) is 4.79 Å². The van der Waals surface area contributed by atoms with E-state index in [9.17, 15) is 4.79 Å². The first kappa shape index (κ1) is 28.3. The SMILES string of the molecule is CC(C)CCC[C@@H](C)[C@H]1CC[C@H]2[C@@H]3CC=C4C[C@@H](NC([C]=O)CCCCN)CC[C@]4(C)[C@H]3CC[C@]12C. The number of nitrogens with two attached hydrogens (primary N) is 1. The summed E-state index contributed by atoms with van der Waals surface area (Å²) in [4.78, 5) is 11.6. The van der Waals surface area contributed by atoms with Gasteiger partial charge in [-0.15, -0.1) is 0 Å². The number of allylic oxidation sites excluding steroid dienone is 1. The molecule has 0 saturated heterocycles. The maximum Gasteiger partial charge on any atom is 0.216 e. The van der Waals surface area contributed by atoms with Gasteiger partial charge in [-0.25, -0.2) is 0 Å². The van der Waals surface area contributed by atoms with E-state index >= 15 is 0 Å². The van der Waals surface area contributed by atoms with Gasteiger partial charge in [0.25, 0.3) is 0 Å². The minimum atomic E-state index is -0.129. The summed E-state index contributed by atoms with van der Waals surface area (Å²) in [5.41, 5.74) is 8.30. The Hall–Kier alpha value is -0.670. The number of unbranched alkanes of at least 4 members (excludes halogenated alkanes) is 1. The van der Waals surface area contributed by atoms with Crippen molar-refractivity contribution in [2.75, 3.05) is 6.54 Å². The van der Waals surface area contributed by atoms with Gasteiger partial charge in [-0.1, -0.05) is 72.0 Å². The van der Waals surface area contributed by atoms with Crippen molar-refractivity contribution in [1.29, 1.82) is 0 Å². The van der Waals surface area contributed by atoms with Crippen LogP contribution in [0.3, 0.4) is 0 Å². The first-order chi connectivity index (χ1) is 17.2. The van der Waals surface area contributed by atoms with Crippen LogP contribution in [0.2, 0.25) is 0 Å². The lowest BCUT2D eigenvalue weighted by molar-refractivity contribution is -0.0515. The molecule has 0 heterocycles. The van der Waals surface area contributed by atoms with E-state index in [0.29, 0.717) is 23.4 Å². The second-order valence-electron chi connectivity index (χ2n) is 14.4. The van der Waals surface area contributed by atoms with Gasteiger partial charge in [-0.2, -0.15) is 0 Å². The molecular formula is C33H57N2O. The van der Waals surface area contributed by atoms with E-state index < -0.39 is 0 Å². The lowest BCUT2D eigenvalue weighted by Crippen LogP contribution is -2.52. The van der Waals surface area contributed by atoms with Crippen LogP contribution in [0.4, 0.5) is 0 Å². The third-order valence-electron chi connectivity index (χ3n) is 11.8. The van der Waals surface area contributed by atoms with E-state index in [-0.39, 0.29) is 6.04 Å². The Kier molecular flexibility index (Phi) is 9.46. The summed E-state index contributed by atoms with van der Waals surface area (Å²) in [6, 6.07) is 0.304. The van der Waals surface area contributed by atoms with Crippen molar-refractivity contribution in [1.82, 2.24) is 5.32 Å². The fourth-order valence-electron chi connectivity index (χ4n) is 9.78. The Balaban J connectivity index is 1.40. The van der Waals surface area contributed by atoms with Crippen molar-refractivity contribution in [3.63, 3.8) is 0 Å². The zero-order chi connectivity index (χ0) is 25.9. The van der Waals surface area contributed by atoms with Gasteiger partial charge in [0, 0.05) is 6.04 Å². The van der Waals surface area contributed by atoms with Crippen LogP contribution in [-0.4, -0.2) is 24.9 Å². The molecule has 0 bridgehead atoms. The topological polar surface area (TPSA) is 55.1 Å². The van der Waals surface area contributed by atoms with Gasteiger partial charge in [0.1, 0.15) is 0 Å². The summed E-state index contributed by atoms with van der Waals surface area (Å²) in [5, 5.41) is 3.67. The standard InChI is InChI=1S/C33H57N2O/c1-23(2)9-8-10-24(3)29-14-15-30-28-13-12-25-21-26(35-27(22-36)11-6-7-20-34)16-18-32(25,4)31(28)17-19-33(29,30)5/h12,23-24,26-31,35H,6-11,13-21,34H2,1-5H3/t24-,26+,27?,28+,29-,30+,31+,32+,33-/m1/s1. The molecule has 4 rings (SSSR count). The lowest BCUT2D eigenvalue weighted by atomic mass is 9.47. The molecule has 3 saturated carbocycles. The molecule has 36 heavy (non-hydrogen) atoms. The normalized spacial score (nSPS) is 39.6. The number of hydrogen-bond acceptors (Lipinski definition) is 3. The van der Waals surface area contributed by atoms with Gasteiger partial charge >= 0.3 is 0 Å². The molecule has 3 N–H and O–H groups in total. The summed E-state index contributed by atoms with van der Waals surface area (Å²) < 4.78 is 0. The quantitative estimate of drug-likeness (QED) is 0.216. The molecule has 3 nitrogen and oxygen atoms in total. The highest BCUT2D eigenvalue weighted by atomic mass is 16.1. The molecule has 0 amide bonds. The summed E-state index contributed by atoms with van der Waals surface area (Å²) in [6.45, 7) is 13.3. The van der Waals surface area contributed by atoms with Gasteiger partial charge in [0.2, 0.25) is 6.29 Å². The largest absolute Gasteiger partial charge is 0.330 e. The van der Waals surface area contributed by atoms with Gasteiger partial charge in [0.15, 0.2) is 0 Å². The van der Waals surface area contributed by atoms with Crippen molar-refractivity contribution < 1.29 is 4.79 Å². The molecular weight excluding hydrogens is 440 g/mol. The molecule has 1 unspecified atom stereocenters. The predicted octanol–water partition coefficient (Wildman–Crippen LogP) is 7.59. The Bertz CT molecular complexity index is 761. The molecule has 0 aliphatic heterocycles. The molecule has 0 spiro atoms. The smallest absolute Gasteiger partial charge is 0.216 e. The van der Waals surface area contributed by atoms with Crippen molar-refractivity contribution in [3.8, 4) is 0 Å². The van der Waals surface area contributed by atoms with Crippen molar-refractivity contribution >= 4 is 6.29 Å². The average Bonchev–Trinajstić information content (AvgIpc) is 3.20. The molecule has 4 aliphatic carbocycles. The average molecular weight is 498 g/mol. The lowest BCUT2D eigenvalue weighted by Gasteiger charge is -2.58. The third-order valence-corrected chi connectivity index (χ3v) is 11.8. The molecule has 0 aromatic carbocycles. The molecule has 3 heteroatoms. The van der Waals surface area contributed by atoms with E-state index in [4.69, 9.17) is 5.73 Å². The van der Waals surface area contributed by atoms with Gasteiger partial charge < -0.3 is 11.1 Å². The minimum Gasteiger partial charge on any atom is -0.330 e. The second kappa shape index (κ2) is 12.0. The third kappa shape index (κ3) is 5.68. The van der Waals surface area contributed by atoms with Crippen molar-refractivity contribution in [2.24, 2.45) is 52.1 Å². The highest BCUT2D eigenvalue weighted by Gasteiger charge is 2.59. The first-order valence-electron chi connectivity index (χ1n) is 15.8. The predicted molar refractivity (Wildman–Crippen MR) is 152 cm³/mol. The summed E-state index contributed by atoms with van der Waals surface area (Å²) in [7, 11) is 0. The fourth-order valence-corrected chi connectivity index (χ4v) is 9.78.